The van der Waals surface area contributed by atoms with Crippen LogP contribution in [0.15, 0.2) is 176 Å². The molecule has 0 atom stereocenters. The van der Waals surface area contributed by atoms with E-state index in [2.05, 4.69) is 231 Å². The van der Waals surface area contributed by atoms with Gasteiger partial charge in [-0.05, 0) is 103 Å². The Balaban J connectivity index is 0.00000462. The Morgan fingerprint density at radius 2 is 1.20 bits per heavy atom. The first kappa shape index (κ1) is 39.4. The van der Waals surface area contributed by atoms with Crippen LogP contribution in [0.4, 0.5) is 17.1 Å². The van der Waals surface area contributed by atoms with Crippen molar-refractivity contribution < 1.29 is 26.0 Å². The molecule has 7 heteroatoms. The third-order valence-corrected chi connectivity index (χ3v) is 16.3. The summed E-state index contributed by atoms with van der Waals surface area (Å²) in [6.07, 6.45) is 1.94. The van der Waals surface area contributed by atoms with Crippen molar-refractivity contribution >= 4 is 67.7 Å². The fourth-order valence-electron chi connectivity index (χ4n) is 9.11. The second kappa shape index (κ2) is 15.5. The van der Waals surface area contributed by atoms with Crippen LogP contribution in [0.25, 0.3) is 38.8 Å². The number of anilines is 3. The molecule has 298 valence electrons. The van der Waals surface area contributed by atoms with Crippen LogP contribution in [0.2, 0.25) is 0 Å². The number of aromatic nitrogens is 2. The molecule has 0 saturated heterocycles. The summed E-state index contributed by atoms with van der Waals surface area (Å²) in [5, 5.41) is 11.3. The number of hydrogen-bond donors (Lipinski definition) is 0. The van der Waals surface area contributed by atoms with Gasteiger partial charge in [0.05, 0.1) is 0 Å². The van der Waals surface area contributed by atoms with Crippen LogP contribution in [-0.4, -0.2) is 28.1 Å². The van der Waals surface area contributed by atoms with Gasteiger partial charge in [0, 0.05) is 38.5 Å². The van der Waals surface area contributed by atoms with Crippen LogP contribution in [0, 0.1) is 26.0 Å². The summed E-state index contributed by atoms with van der Waals surface area (Å²) in [4.78, 5) is 10.3. The number of rotatable bonds is 7. The summed E-state index contributed by atoms with van der Waals surface area (Å²) in [7, 11) is -3.12. The Bertz CT molecular complexity index is 2950. The molecular weight excluding hydrogens is 932 g/mol. The molecular formula is C53H45N4OPtSi-. The van der Waals surface area contributed by atoms with Gasteiger partial charge in [-0.25, -0.2) is 4.98 Å². The van der Waals surface area contributed by atoms with Crippen LogP contribution in [0.3, 0.4) is 0 Å². The zero-order valence-electron chi connectivity index (χ0n) is 34.3. The number of nitrogens with zero attached hydrogens (tertiary/aromatic N) is 4. The quantitative estimate of drug-likeness (QED) is 0.0692. The largest absolute Gasteiger partial charge is 0.319 e. The number of para-hydroxylation sites is 3. The Kier molecular flexibility index (Phi) is 10.2. The van der Waals surface area contributed by atoms with E-state index in [1.54, 1.807) is 0 Å². The maximum Gasteiger partial charge on any atom is 0.145 e. The average molecular weight is 977 g/mol. The van der Waals surface area contributed by atoms with Crippen molar-refractivity contribution in [2.24, 2.45) is 0 Å². The van der Waals surface area contributed by atoms with E-state index in [0.717, 1.165) is 55.2 Å². The fourth-order valence-corrected chi connectivity index (χ4v) is 13.7. The van der Waals surface area contributed by atoms with Crippen molar-refractivity contribution in [3.8, 4) is 16.9 Å². The molecule has 9 aromatic rings. The Morgan fingerprint density at radius 1 is 0.583 bits per heavy atom. The molecule has 0 bridgehead atoms. The van der Waals surface area contributed by atoms with Gasteiger partial charge >= 0.3 is 0 Å². The molecule has 0 spiro atoms. The molecule has 7 aromatic carbocycles. The number of hydrogen-bond acceptors (Lipinski definition) is 3. The molecule has 10 rings (SSSR count). The fraction of sp³-hybridized carbons (Fsp3) is 0.113. The molecule has 0 fully saturated rings. The third kappa shape index (κ3) is 6.42. The van der Waals surface area contributed by atoms with Gasteiger partial charge in [0.15, 0.2) is 0 Å². The zero-order valence-corrected chi connectivity index (χ0v) is 37.6. The van der Waals surface area contributed by atoms with E-state index in [1.165, 1.54) is 32.5 Å². The van der Waals surface area contributed by atoms with Crippen molar-refractivity contribution in [2.45, 2.75) is 40.2 Å². The number of fused-ring (bicyclic) bond motifs is 4. The number of aryl methyl sites for hydroxylation is 2. The van der Waals surface area contributed by atoms with Gasteiger partial charge in [-0.1, -0.05) is 115 Å². The molecule has 60 heavy (non-hydrogen) atoms. The first-order chi connectivity index (χ1) is 28.7. The molecule has 1 aliphatic heterocycles. The predicted octanol–water partition coefficient (Wildman–Crippen LogP) is 10.0. The van der Waals surface area contributed by atoms with Gasteiger partial charge in [0.2, 0.25) is 0 Å². The normalized spacial score (nSPS) is 12.8. The minimum atomic E-state index is -3.12. The van der Waals surface area contributed by atoms with Gasteiger partial charge in [-0.15, -0.1) is 21.6 Å². The van der Waals surface area contributed by atoms with Crippen molar-refractivity contribution in [1.82, 2.24) is 9.55 Å². The second-order valence-corrected chi connectivity index (χ2v) is 20.2. The maximum absolute atomic E-state index is 5.22. The van der Waals surface area contributed by atoms with E-state index in [0.29, 0.717) is 0 Å². The standard InChI is InChI=1S/C53H44N4OSi.Pt/c1-37-18-16-19-38(2)52(37)39-32-33-54-51(34-39)55-47-27-13-12-26-45(47)46-31-30-44(36-50(46)55)59(41-21-8-6-9-22-41,42-23-10-7-11-24-42)43-25-17-20-40(35-43)56-48-28-14-15-29-49(48)57(58-56)53(3,4)5;/h6-34H,1-5H3;/q-2;/p+1. The molecule has 3 heterocycles. The van der Waals surface area contributed by atoms with E-state index in [-0.39, 0.29) is 26.6 Å². The second-order valence-electron chi connectivity index (χ2n) is 16.5. The summed E-state index contributed by atoms with van der Waals surface area (Å²) in [6, 6.07) is 69.4. The molecule has 0 aliphatic carbocycles. The summed E-state index contributed by atoms with van der Waals surface area (Å²) in [5.41, 5.74) is 9.78. The van der Waals surface area contributed by atoms with Crippen LogP contribution in [0.1, 0.15) is 31.9 Å². The number of benzene rings is 7. The molecule has 0 saturated carbocycles. The number of hydroxylamine groups is 1. The Labute approximate surface area is 367 Å². The molecule has 2 aromatic heterocycles. The summed E-state index contributed by atoms with van der Waals surface area (Å²) in [6.45, 7) is 11.0. The van der Waals surface area contributed by atoms with Crippen LogP contribution >= 0.6 is 0 Å². The predicted molar refractivity (Wildman–Crippen MR) is 247 cm³/mol. The van der Waals surface area contributed by atoms with Crippen LogP contribution in [0.5, 0.6) is 0 Å². The number of pyridine rings is 1. The maximum atomic E-state index is 5.22. The van der Waals surface area contributed by atoms with Gasteiger partial charge in [-0.3, -0.25) is 0 Å². The van der Waals surface area contributed by atoms with E-state index < -0.39 is 8.07 Å². The molecule has 1 N–H and O–H groups in total. The minimum absolute atomic E-state index is 0. The van der Waals surface area contributed by atoms with E-state index in [1.807, 2.05) is 6.20 Å². The molecule has 1 aliphatic rings. The zero-order chi connectivity index (χ0) is 40.3. The van der Waals surface area contributed by atoms with Gasteiger partial charge in [0.1, 0.15) is 30.8 Å². The average Bonchev–Trinajstić information content (AvgIpc) is 3.82. The van der Waals surface area contributed by atoms with Crippen molar-refractivity contribution in [1.29, 1.82) is 0 Å². The SMILES string of the molecule is Cc1cccc(C)c1-c1ccnc(-n2c3[c-]c([Si](c4[c-]c(N5[OH+]N(C(C)(C)C)c6ccccc65)ccc4)(c4ccccc4)c4ccccc4)ccc3c3ccccc32)c1.[Pt]. The van der Waals surface area contributed by atoms with Gasteiger partial charge in [-0.2, -0.15) is 51.7 Å². The first-order valence-electron chi connectivity index (χ1n) is 20.3. The molecule has 0 radical (unpaired) electrons. The van der Waals surface area contributed by atoms with E-state index >= 15 is 0 Å². The summed E-state index contributed by atoms with van der Waals surface area (Å²) < 4.78 is 2.31. The third-order valence-electron chi connectivity index (χ3n) is 11.7. The minimum Gasteiger partial charge on any atom is -0.319 e. The van der Waals surface area contributed by atoms with Crippen LogP contribution in [-0.2, 0) is 21.1 Å². The monoisotopic (exact) mass is 976 g/mol. The van der Waals surface area contributed by atoms with Gasteiger partial charge < -0.3 is 4.57 Å². The summed E-state index contributed by atoms with van der Waals surface area (Å²) in [5.74, 6) is 0.864. The molecule has 0 amide bonds. The van der Waals surface area contributed by atoms with E-state index in [9.17, 15) is 0 Å². The van der Waals surface area contributed by atoms with Gasteiger partial charge in [0.25, 0.3) is 0 Å². The van der Waals surface area contributed by atoms with Crippen molar-refractivity contribution in [3.63, 3.8) is 0 Å². The van der Waals surface area contributed by atoms with E-state index in [4.69, 9.17) is 9.92 Å². The first-order valence-corrected chi connectivity index (χ1v) is 22.3. The van der Waals surface area contributed by atoms with Crippen LogP contribution < -0.4 is 30.9 Å². The summed E-state index contributed by atoms with van der Waals surface area (Å²) >= 11 is 0. The van der Waals surface area contributed by atoms with Crippen molar-refractivity contribution in [2.75, 3.05) is 10.1 Å². The molecule has 5 nitrogen and oxygen atoms in total. The Morgan fingerprint density at radius 3 is 1.90 bits per heavy atom. The molecule has 0 unspecified atom stereocenters. The smallest absolute Gasteiger partial charge is 0.145 e. The van der Waals surface area contributed by atoms with Crippen molar-refractivity contribution in [3.05, 3.63) is 199 Å². The Hall–Kier alpha value is -6.04. The topological polar surface area (TPSA) is 37.1 Å².